The molecule has 4 N–H and O–H groups in total. The first-order valence-electron chi connectivity index (χ1n) is 5.87. The van der Waals surface area contributed by atoms with Crippen LogP contribution in [0, 0.1) is 5.41 Å². The molecule has 1 aromatic carbocycles. The van der Waals surface area contributed by atoms with Gasteiger partial charge in [0.15, 0.2) is 5.84 Å². The molecule has 2 rings (SSSR count). The summed E-state index contributed by atoms with van der Waals surface area (Å²) in [6.07, 6.45) is -4.05. The predicted molar refractivity (Wildman–Crippen MR) is 70.2 cm³/mol. The van der Waals surface area contributed by atoms with Crippen LogP contribution in [0.2, 0.25) is 5.02 Å². The van der Waals surface area contributed by atoms with E-state index in [2.05, 4.69) is 10.5 Å². The number of hydrogen-bond donors (Lipinski definition) is 3. The molecule has 0 saturated heterocycles. The molecule has 0 bridgehead atoms. The quantitative estimate of drug-likeness (QED) is 0.346. The molecule has 0 atom stereocenters. The highest BCUT2D eigenvalue weighted by Crippen LogP contribution is 2.47. The number of nitrogens with zero attached hydrogens (tertiary/aromatic N) is 1. The summed E-state index contributed by atoms with van der Waals surface area (Å²) in [5, 5.41) is 13.5. The van der Waals surface area contributed by atoms with Gasteiger partial charge in [-0.1, -0.05) is 16.8 Å². The van der Waals surface area contributed by atoms with E-state index in [9.17, 15) is 18.0 Å². The number of benzene rings is 1. The third-order valence-electron chi connectivity index (χ3n) is 3.32. The maximum Gasteiger partial charge on any atom is 0.418 e. The second-order valence-corrected chi connectivity index (χ2v) is 5.15. The zero-order valence-electron chi connectivity index (χ0n) is 10.5. The van der Waals surface area contributed by atoms with E-state index in [1.165, 1.54) is 6.07 Å². The second-order valence-electron chi connectivity index (χ2n) is 4.71. The summed E-state index contributed by atoms with van der Waals surface area (Å²) in [6.45, 7) is 0. The summed E-state index contributed by atoms with van der Waals surface area (Å²) < 4.78 is 38.8. The Bertz CT molecular complexity index is 612. The van der Waals surface area contributed by atoms with Crippen LogP contribution in [-0.4, -0.2) is 17.0 Å². The Hall–Kier alpha value is -1.96. The molecule has 0 aliphatic heterocycles. The zero-order chi connectivity index (χ0) is 15.8. The molecular formula is C12H11ClF3N3O2. The molecule has 114 valence electrons. The molecule has 21 heavy (non-hydrogen) atoms. The molecule has 0 aromatic heterocycles. The number of hydrogen-bond acceptors (Lipinski definition) is 3. The molecule has 1 aliphatic rings. The van der Waals surface area contributed by atoms with Crippen LogP contribution in [0.5, 0.6) is 0 Å². The summed E-state index contributed by atoms with van der Waals surface area (Å²) in [7, 11) is 0. The van der Waals surface area contributed by atoms with Crippen molar-refractivity contribution in [1.29, 1.82) is 0 Å². The monoisotopic (exact) mass is 321 g/mol. The van der Waals surface area contributed by atoms with Crippen molar-refractivity contribution in [1.82, 2.24) is 0 Å². The fourth-order valence-electron chi connectivity index (χ4n) is 1.92. The third-order valence-corrected chi connectivity index (χ3v) is 3.55. The lowest BCUT2D eigenvalue weighted by molar-refractivity contribution is -0.137. The van der Waals surface area contributed by atoms with Crippen molar-refractivity contribution < 1.29 is 23.2 Å². The molecular weight excluding hydrogens is 311 g/mol. The Balaban J connectivity index is 2.31. The minimum Gasteiger partial charge on any atom is -0.409 e. The van der Waals surface area contributed by atoms with Gasteiger partial charge in [0, 0.05) is 5.02 Å². The van der Waals surface area contributed by atoms with Crippen LogP contribution in [0.3, 0.4) is 0 Å². The maximum atomic E-state index is 12.9. The number of nitrogens with two attached hydrogens (primary N) is 1. The first-order valence-corrected chi connectivity index (χ1v) is 6.25. The summed E-state index contributed by atoms with van der Waals surface area (Å²) in [5.41, 5.74) is 2.69. The average Bonchev–Trinajstić information content (AvgIpc) is 3.20. The Labute approximate surface area is 122 Å². The van der Waals surface area contributed by atoms with Crippen LogP contribution < -0.4 is 11.1 Å². The van der Waals surface area contributed by atoms with Crippen molar-refractivity contribution in [2.75, 3.05) is 5.32 Å². The SMILES string of the molecule is N/C(=N/O)C1(C(=O)Nc2ccc(Cl)cc2C(F)(F)F)CC1. The van der Waals surface area contributed by atoms with Gasteiger partial charge < -0.3 is 16.3 Å². The number of carbonyl (C=O) groups excluding carboxylic acids is 1. The number of amides is 1. The van der Waals surface area contributed by atoms with Gasteiger partial charge in [-0.2, -0.15) is 13.2 Å². The van der Waals surface area contributed by atoms with Crippen molar-refractivity contribution in [2.24, 2.45) is 16.3 Å². The van der Waals surface area contributed by atoms with Gasteiger partial charge in [0.1, 0.15) is 5.41 Å². The molecule has 1 fully saturated rings. The second kappa shape index (κ2) is 5.10. The van der Waals surface area contributed by atoms with Crippen molar-refractivity contribution >= 4 is 29.0 Å². The number of alkyl halides is 3. The van der Waals surface area contributed by atoms with E-state index in [1.807, 2.05) is 0 Å². The molecule has 0 radical (unpaired) electrons. The fourth-order valence-corrected chi connectivity index (χ4v) is 2.09. The van der Waals surface area contributed by atoms with Gasteiger partial charge >= 0.3 is 6.18 Å². The molecule has 0 spiro atoms. The maximum absolute atomic E-state index is 12.9. The first kappa shape index (κ1) is 15.4. The summed E-state index contributed by atoms with van der Waals surface area (Å²) in [4.78, 5) is 12.1. The molecule has 1 aromatic rings. The molecule has 1 aliphatic carbocycles. The minimum atomic E-state index is -4.67. The smallest absolute Gasteiger partial charge is 0.409 e. The first-order chi connectivity index (χ1) is 9.70. The average molecular weight is 322 g/mol. The predicted octanol–water partition coefficient (Wildman–Crippen LogP) is 2.82. The van der Waals surface area contributed by atoms with Gasteiger partial charge in [0.25, 0.3) is 0 Å². The highest BCUT2D eigenvalue weighted by molar-refractivity contribution is 6.30. The molecule has 0 heterocycles. The van der Waals surface area contributed by atoms with E-state index in [0.717, 1.165) is 12.1 Å². The van der Waals surface area contributed by atoms with Crippen LogP contribution in [-0.2, 0) is 11.0 Å². The van der Waals surface area contributed by atoms with Gasteiger partial charge in [-0.3, -0.25) is 4.79 Å². The van der Waals surface area contributed by atoms with E-state index >= 15 is 0 Å². The van der Waals surface area contributed by atoms with Crippen molar-refractivity contribution in [2.45, 2.75) is 19.0 Å². The molecule has 9 heteroatoms. The number of carbonyl (C=O) groups is 1. The van der Waals surface area contributed by atoms with E-state index in [0.29, 0.717) is 12.8 Å². The van der Waals surface area contributed by atoms with Gasteiger partial charge in [0.2, 0.25) is 5.91 Å². The normalized spacial score (nSPS) is 17.4. The number of amidine groups is 1. The van der Waals surface area contributed by atoms with E-state index in [4.69, 9.17) is 22.5 Å². The van der Waals surface area contributed by atoms with Crippen molar-refractivity contribution in [3.05, 3.63) is 28.8 Å². The molecule has 1 saturated carbocycles. The largest absolute Gasteiger partial charge is 0.418 e. The highest BCUT2D eigenvalue weighted by Gasteiger charge is 2.54. The summed E-state index contributed by atoms with van der Waals surface area (Å²) >= 11 is 5.55. The van der Waals surface area contributed by atoms with Crippen LogP contribution in [0.15, 0.2) is 23.4 Å². The van der Waals surface area contributed by atoms with Crippen LogP contribution in [0.4, 0.5) is 18.9 Å². The number of nitrogens with one attached hydrogen (secondary N) is 1. The Morgan fingerprint density at radius 1 is 1.43 bits per heavy atom. The lowest BCUT2D eigenvalue weighted by Crippen LogP contribution is -2.37. The molecule has 1 amide bonds. The van der Waals surface area contributed by atoms with Crippen molar-refractivity contribution in [3.63, 3.8) is 0 Å². The Kier molecular flexibility index (Phi) is 3.75. The van der Waals surface area contributed by atoms with E-state index < -0.39 is 28.7 Å². The zero-order valence-corrected chi connectivity index (χ0v) is 11.3. The van der Waals surface area contributed by atoms with Gasteiger partial charge in [0.05, 0.1) is 11.3 Å². The van der Waals surface area contributed by atoms with Crippen molar-refractivity contribution in [3.8, 4) is 0 Å². The molecule has 0 unspecified atom stereocenters. The standard InChI is InChI=1S/C12H11ClF3N3O2/c13-6-1-2-8(7(5-6)12(14,15)16)18-10(20)11(3-4-11)9(17)19-21/h1-2,5,21H,3-4H2,(H2,17,19)(H,18,20). The number of halogens is 4. The summed E-state index contributed by atoms with van der Waals surface area (Å²) in [6, 6.07) is 3.01. The number of anilines is 1. The lowest BCUT2D eigenvalue weighted by atomic mass is 10.0. The van der Waals surface area contributed by atoms with Gasteiger partial charge in [-0.05, 0) is 31.0 Å². The van der Waals surface area contributed by atoms with Crippen LogP contribution >= 0.6 is 11.6 Å². The van der Waals surface area contributed by atoms with E-state index in [1.54, 1.807) is 0 Å². The van der Waals surface area contributed by atoms with Crippen LogP contribution in [0.1, 0.15) is 18.4 Å². The highest BCUT2D eigenvalue weighted by atomic mass is 35.5. The Morgan fingerprint density at radius 3 is 2.52 bits per heavy atom. The van der Waals surface area contributed by atoms with Gasteiger partial charge in [-0.15, -0.1) is 0 Å². The number of oxime groups is 1. The van der Waals surface area contributed by atoms with E-state index in [-0.39, 0.29) is 10.9 Å². The minimum absolute atomic E-state index is 0.0992. The van der Waals surface area contributed by atoms with Crippen LogP contribution in [0.25, 0.3) is 0 Å². The molecule has 5 nitrogen and oxygen atoms in total. The third kappa shape index (κ3) is 2.90. The van der Waals surface area contributed by atoms with Gasteiger partial charge in [-0.25, -0.2) is 0 Å². The fraction of sp³-hybridized carbons (Fsp3) is 0.333. The summed E-state index contributed by atoms with van der Waals surface area (Å²) in [5.74, 6) is -1.06. The number of rotatable bonds is 3. The Morgan fingerprint density at radius 2 is 2.05 bits per heavy atom. The topological polar surface area (TPSA) is 87.7 Å². The lowest BCUT2D eigenvalue weighted by Gasteiger charge is -2.17.